The van der Waals surface area contributed by atoms with Crippen LogP contribution in [0.4, 0.5) is 9.59 Å². The lowest BCUT2D eigenvalue weighted by Crippen LogP contribution is -2.33. The fourth-order valence-electron chi connectivity index (χ4n) is 8.65. The second-order valence-electron chi connectivity index (χ2n) is 26.7. The molecule has 0 aliphatic heterocycles. The van der Waals surface area contributed by atoms with Crippen molar-refractivity contribution in [3.05, 3.63) is 183 Å². The molecule has 111 heavy (non-hydrogen) atoms. The molecule has 8 N–H and O–H groups in total. The molecule has 0 saturated carbocycles. The van der Waals surface area contributed by atoms with Gasteiger partial charge in [-0.1, -0.05) is 118 Å². The molecular formula is C75H113N19O17. The molecule has 0 fully saturated rings. The number of esters is 4. The number of aliphatic carboxylic acids is 1. The number of hydrogen-bond donors (Lipinski definition) is 6. The van der Waals surface area contributed by atoms with Crippen molar-refractivity contribution in [1.29, 1.82) is 0 Å². The third-order valence-corrected chi connectivity index (χ3v) is 14.0. The Morgan fingerprint density at radius 1 is 0.432 bits per heavy atom. The zero-order chi connectivity index (χ0) is 83.9. The average Bonchev–Trinajstić information content (AvgIpc) is 0.922. The van der Waals surface area contributed by atoms with Gasteiger partial charge in [-0.25, -0.2) is 9.59 Å². The Bertz CT molecular complexity index is 3600. The first-order valence-corrected chi connectivity index (χ1v) is 35.7. The van der Waals surface area contributed by atoms with Crippen molar-refractivity contribution in [2.24, 2.45) is 31.9 Å². The predicted octanol–water partition coefficient (Wildman–Crippen LogP) is 11.7. The van der Waals surface area contributed by atoms with Gasteiger partial charge in [0.25, 0.3) is 0 Å². The number of benzene rings is 4. The molecule has 36 nitrogen and oxygen atoms in total. The summed E-state index contributed by atoms with van der Waals surface area (Å²) in [5.41, 5.74) is 49.8. The van der Waals surface area contributed by atoms with E-state index in [1.807, 2.05) is 147 Å². The van der Waals surface area contributed by atoms with E-state index in [1.165, 1.54) is 21.3 Å². The Balaban J connectivity index is 0. The number of hydrogen-bond acceptors (Lipinski definition) is 23. The molecule has 4 aromatic rings. The van der Waals surface area contributed by atoms with Crippen LogP contribution in [0.2, 0.25) is 0 Å². The fourth-order valence-corrected chi connectivity index (χ4v) is 8.65. The first kappa shape index (κ1) is 102. The molecule has 4 rings (SSSR count). The molecule has 0 unspecified atom stereocenters. The second kappa shape index (κ2) is 61.4. The summed E-state index contributed by atoms with van der Waals surface area (Å²) in [4.78, 5) is 126. The summed E-state index contributed by atoms with van der Waals surface area (Å²) in [5, 5.41) is 30.2. The highest BCUT2D eigenvalue weighted by Gasteiger charge is 2.20. The summed E-state index contributed by atoms with van der Waals surface area (Å²) in [6, 6.07) is 31.1. The van der Waals surface area contributed by atoms with Crippen LogP contribution in [0, 0.1) is 0 Å². The third-order valence-electron chi connectivity index (χ3n) is 14.0. The van der Waals surface area contributed by atoms with Crippen LogP contribution in [0.5, 0.6) is 0 Å². The van der Waals surface area contributed by atoms with Crippen LogP contribution in [-0.4, -0.2) is 185 Å². The third kappa shape index (κ3) is 60.1. The van der Waals surface area contributed by atoms with Gasteiger partial charge in [-0.15, -0.1) is 0 Å². The molecular weight excluding hydrogens is 1440 g/mol. The first-order chi connectivity index (χ1) is 52.6. The molecule has 0 bridgehead atoms. The number of ether oxygens (including phenoxy) is 6. The molecule has 610 valence electrons. The number of alkyl carbamates (subject to hydrolysis) is 2. The molecule has 0 radical (unpaired) electrons. The lowest BCUT2D eigenvalue weighted by Gasteiger charge is -2.22. The van der Waals surface area contributed by atoms with Gasteiger partial charge in [0.2, 0.25) is 11.8 Å². The minimum absolute atomic E-state index is 0.00391. The predicted molar refractivity (Wildman–Crippen MR) is 418 cm³/mol. The molecule has 4 amide bonds. The molecule has 0 spiro atoms. The average molecular weight is 1550 g/mol. The van der Waals surface area contributed by atoms with Gasteiger partial charge in [0.15, 0.2) is 0 Å². The van der Waals surface area contributed by atoms with Crippen molar-refractivity contribution in [3.63, 3.8) is 0 Å². The highest BCUT2D eigenvalue weighted by molar-refractivity contribution is 5.82. The van der Waals surface area contributed by atoms with Gasteiger partial charge in [0, 0.05) is 123 Å². The van der Waals surface area contributed by atoms with Crippen molar-refractivity contribution in [3.8, 4) is 0 Å². The van der Waals surface area contributed by atoms with Gasteiger partial charge in [-0.05, 0) is 169 Å². The summed E-state index contributed by atoms with van der Waals surface area (Å²) in [7, 11) is 3.79. The van der Waals surface area contributed by atoms with Gasteiger partial charge in [-0.3, -0.25) is 38.4 Å². The van der Waals surface area contributed by atoms with Gasteiger partial charge >= 0.3 is 42.0 Å². The number of rotatable bonds is 39. The number of nitrogens with two attached hydrogens (primary N) is 2. The molecule has 0 aliphatic carbocycles. The topological polar surface area (TPSA) is 536 Å². The number of aldehydes is 1. The molecule has 0 aromatic heterocycles. The standard InChI is InChI=1S/C22H32N4O5.C16H23N5O3.C16H25N5O2.C14H19NO3.C5H8O4.C2H6N4/c1-22(2,3)31-21(29)7-5-6-17-8-10-18(11-9-17)16-26(15-14-24-25-23)19(27)12-13-20(28)30-4;1-24-16(23)7-6-15(22)21(11-10-19-20-18)12-14-4-2-13(3-5-14)8-9-17;1-16(2,3)23-15(22)19-9-8-13-4-6-14(7-5-13)12-18-10-11-20-21-17;1-14(2,3)18-13(17)15-9-8-11-4-6-12(10-16)7-5-11;1-9-5(8)3-2-4(6)7;3-1-2-5-6-4/h8-11H,5-7,12-16H2,1-4H3;2-5H,6-12,17H2,1H3;4-7,18H,8-12H2,1-3H3,(H,19,22);4-7,10H,8-9H2,1-3H3,(H,15,17);2-3H2,1H3,(H,6,7);1-3H2. The highest BCUT2D eigenvalue weighted by Crippen LogP contribution is 2.16. The van der Waals surface area contributed by atoms with Gasteiger partial charge in [0.05, 0.1) is 47.0 Å². The van der Waals surface area contributed by atoms with E-state index in [9.17, 15) is 47.9 Å². The lowest BCUT2D eigenvalue weighted by molar-refractivity contribution is -0.155. The Hall–Kier alpha value is -11.5. The van der Waals surface area contributed by atoms with E-state index in [4.69, 9.17) is 52.9 Å². The zero-order valence-corrected chi connectivity index (χ0v) is 66.1. The number of amides is 4. The SMILES string of the molecule is CC(C)(C)OC(=O)NCCc1ccc(C=O)cc1.CC(C)(C)OC(=O)NCCc1ccc(CNCCN=[N+]=[N-])cc1.COC(=O)CCC(=O)N(CCN=[N+]=[N-])Cc1ccc(CCCC(=O)OC(C)(C)C)cc1.COC(=O)CCC(=O)N(CCN=[N+]=[N-])Cc1ccc(CCN)cc1.COC(=O)CCC(=O)O.[N-]=[N+]=NCCN. The van der Waals surface area contributed by atoms with Gasteiger partial charge in [0.1, 0.15) is 23.1 Å². The van der Waals surface area contributed by atoms with E-state index in [-0.39, 0.29) is 75.9 Å². The molecule has 0 heterocycles. The number of aryl methyl sites for hydroxylation is 1. The van der Waals surface area contributed by atoms with E-state index in [0.29, 0.717) is 90.3 Å². The summed E-state index contributed by atoms with van der Waals surface area (Å²) in [6.07, 6.45) is 4.00. The second-order valence-corrected chi connectivity index (χ2v) is 26.7. The highest BCUT2D eigenvalue weighted by atomic mass is 16.6. The zero-order valence-electron chi connectivity index (χ0n) is 66.1. The Labute approximate surface area is 649 Å². The van der Waals surface area contributed by atoms with Gasteiger partial charge in [-0.2, -0.15) is 0 Å². The number of carbonyl (C=O) groups excluding carboxylic acids is 9. The maximum atomic E-state index is 12.5. The Kier molecular flexibility index (Phi) is 56.2. The van der Waals surface area contributed by atoms with Crippen molar-refractivity contribution in [1.82, 2.24) is 25.8 Å². The number of nitrogens with one attached hydrogen (secondary N) is 3. The van der Waals surface area contributed by atoms with Crippen LogP contribution in [0.1, 0.15) is 163 Å². The molecule has 4 aromatic carbocycles. The fraction of sp³-hybridized carbons (Fsp3) is 0.547. The minimum atomic E-state index is -0.986. The maximum absolute atomic E-state index is 12.5. The summed E-state index contributed by atoms with van der Waals surface area (Å²) in [5.74, 6) is -2.94. The van der Waals surface area contributed by atoms with Crippen LogP contribution < -0.4 is 27.4 Å². The quantitative estimate of drug-likeness (QED) is 0.00459. The van der Waals surface area contributed by atoms with Crippen LogP contribution >= 0.6 is 0 Å². The summed E-state index contributed by atoms with van der Waals surface area (Å²) in [6.45, 7) is 22.5. The van der Waals surface area contributed by atoms with Crippen molar-refractivity contribution in [2.75, 3.05) is 93.3 Å². The van der Waals surface area contributed by atoms with E-state index < -0.39 is 52.9 Å². The van der Waals surface area contributed by atoms with E-state index in [2.05, 4.69) is 70.3 Å². The Morgan fingerprint density at radius 3 is 1.14 bits per heavy atom. The van der Waals surface area contributed by atoms with Crippen LogP contribution in [0.25, 0.3) is 41.8 Å². The Morgan fingerprint density at radius 2 is 0.784 bits per heavy atom. The van der Waals surface area contributed by atoms with Crippen LogP contribution in [-0.2, 0) is 107 Å². The number of carbonyl (C=O) groups is 10. The van der Waals surface area contributed by atoms with E-state index in [0.717, 1.165) is 71.0 Å². The monoisotopic (exact) mass is 1550 g/mol. The van der Waals surface area contributed by atoms with Crippen LogP contribution in [0.3, 0.4) is 0 Å². The minimum Gasteiger partial charge on any atom is -0.481 e. The first-order valence-electron chi connectivity index (χ1n) is 35.7. The molecule has 0 saturated heterocycles. The molecule has 0 atom stereocenters. The normalized spacial score (nSPS) is 10.2. The maximum Gasteiger partial charge on any atom is 0.407 e. The van der Waals surface area contributed by atoms with E-state index in [1.54, 1.807) is 21.9 Å². The van der Waals surface area contributed by atoms with Crippen molar-refractivity contribution in [2.45, 2.75) is 176 Å². The lowest BCUT2D eigenvalue weighted by atomic mass is 10.1. The number of nitrogens with zero attached hydrogens (tertiary/aromatic N) is 14. The van der Waals surface area contributed by atoms with Crippen molar-refractivity contribution >= 4 is 60.1 Å². The smallest absolute Gasteiger partial charge is 0.407 e. The number of azide groups is 4. The molecule has 36 heteroatoms. The largest absolute Gasteiger partial charge is 0.481 e. The number of methoxy groups -OCH3 is 3. The van der Waals surface area contributed by atoms with Crippen molar-refractivity contribution < 1.29 is 81.5 Å². The molecule has 0 aliphatic rings. The van der Waals surface area contributed by atoms with Crippen LogP contribution in [0.15, 0.2) is 118 Å². The number of carboxylic acids is 1. The summed E-state index contributed by atoms with van der Waals surface area (Å²) < 4.78 is 28.9. The van der Waals surface area contributed by atoms with Gasteiger partial charge < -0.3 is 70.7 Å². The summed E-state index contributed by atoms with van der Waals surface area (Å²) >= 11 is 0. The number of carboxylic acid groups (broad SMARTS) is 1. The van der Waals surface area contributed by atoms with E-state index >= 15 is 0 Å².